The first-order chi connectivity index (χ1) is 12.3. The fourth-order valence-electron chi connectivity index (χ4n) is 4.79. The summed E-state index contributed by atoms with van der Waals surface area (Å²) in [6.07, 6.45) is 4.82. The number of nitrogens with zero attached hydrogens (tertiary/aromatic N) is 1. The van der Waals surface area contributed by atoms with Crippen molar-refractivity contribution in [3.63, 3.8) is 0 Å². The van der Waals surface area contributed by atoms with Crippen molar-refractivity contribution in [1.82, 2.24) is 4.90 Å². The Kier molecular flexibility index (Phi) is 4.67. The summed E-state index contributed by atoms with van der Waals surface area (Å²) >= 11 is 0. The Balaban J connectivity index is 1.63. The predicted octanol–water partition coefficient (Wildman–Crippen LogP) is 4.40. The molecule has 4 rings (SSSR count). The van der Waals surface area contributed by atoms with Crippen LogP contribution < -0.4 is 9.47 Å². The van der Waals surface area contributed by atoms with Gasteiger partial charge in [-0.05, 0) is 55.3 Å². The molecule has 1 fully saturated rings. The molecule has 132 valence electrons. The minimum absolute atomic E-state index is 0.612. The fourth-order valence-corrected chi connectivity index (χ4v) is 4.79. The number of fused-ring (bicyclic) bond motifs is 3. The SMILES string of the molecule is COc1ccc2c(c1OC)CC[C@@H]1C2CCCN1Cc1ccccc1. The molecule has 3 nitrogen and oxygen atoms in total. The normalized spacial score (nSPS) is 22.8. The average molecular weight is 337 g/mol. The minimum atomic E-state index is 0.612. The molecule has 0 radical (unpaired) electrons. The third-order valence-electron chi connectivity index (χ3n) is 5.90. The van der Waals surface area contributed by atoms with E-state index >= 15 is 0 Å². The maximum atomic E-state index is 5.70. The molecule has 0 amide bonds. The molecule has 2 aromatic rings. The Bertz CT molecular complexity index is 728. The second-order valence-electron chi connectivity index (χ2n) is 7.18. The van der Waals surface area contributed by atoms with Crippen molar-refractivity contribution >= 4 is 0 Å². The van der Waals surface area contributed by atoms with Gasteiger partial charge in [0.25, 0.3) is 0 Å². The van der Waals surface area contributed by atoms with Gasteiger partial charge in [-0.1, -0.05) is 36.4 Å². The second-order valence-corrected chi connectivity index (χ2v) is 7.18. The lowest BCUT2D eigenvalue weighted by atomic mass is 9.74. The van der Waals surface area contributed by atoms with Crippen LogP contribution in [0.1, 0.15) is 41.9 Å². The Morgan fingerprint density at radius 1 is 1.00 bits per heavy atom. The third-order valence-corrected chi connectivity index (χ3v) is 5.90. The van der Waals surface area contributed by atoms with Gasteiger partial charge >= 0.3 is 0 Å². The monoisotopic (exact) mass is 337 g/mol. The van der Waals surface area contributed by atoms with Crippen molar-refractivity contribution in [2.75, 3.05) is 20.8 Å². The zero-order chi connectivity index (χ0) is 17.2. The van der Waals surface area contributed by atoms with Crippen LogP contribution in [0.3, 0.4) is 0 Å². The first-order valence-corrected chi connectivity index (χ1v) is 9.33. The van der Waals surface area contributed by atoms with Gasteiger partial charge in [-0.3, -0.25) is 4.90 Å². The molecule has 1 unspecified atom stereocenters. The lowest BCUT2D eigenvalue weighted by molar-refractivity contribution is 0.104. The zero-order valence-electron chi connectivity index (χ0n) is 15.2. The van der Waals surface area contributed by atoms with Gasteiger partial charge in [-0.2, -0.15) is 0 Å². The maximum Gasteiger partial charge on any atom is 0.164 e. The fraction of sp³-hybridized carbons (Fsp3) is 0.455. The number of hydrogen-bond donors (Lipinski definition) is 0. The van der Waals surface area contributed by atoms with Gasteiger partial charge in [-0.15, -0.1) is 0 Å². The van der Waals surface area contributed by atoms with Crippen LogP contribution in [0.4, 0.5) is 0 Å². The van der Waals surface area contributed by atoms with Gasteiger partial charge in [0, 0.05) is 18.2 Å². The summed E-state index contributed by atoms with van der Waals surface area (Å²) in [5.41, 5.74) is 4.26. The molecule has 2 aliphatic rings. The van der Waals surface area contributed by atoms with Crippen LogP contribution in [0.5, 0.6) is 11.5 Å². The summed E-state index contributed by atoms with van der Waals surface area (Å²) in [6, 6.07) is 15.9. The molecule has 0 aromatic heterocycles. The summed E-state index contributed by atoms with van der Waals surface area (Å²) in [7, 11) is 3.48. The molecule has 0 N–H and O–H groups in total. The van der Waals surface area contributed by atoms with Gasteiger partial charge in [0.1, 0.15) is 0 Å². The molecule has 1 aliphatic heterocycles. The van der Waals surface area contributed by atoms with Crippen LogP contribution >= 0.6 is 0 Å². The van der Waals surface area contributed by atoms with E-state index in [2.05, 4.69) is 47.4 Å². The summed E-state index contributed by atoms with van der Waals surface area (Å²) in [4.78, 5) is 2.70. The standard InChI is InChI=1S/C22H27NO2/c1-24-21-13-11-17-18-9-6-14-23(15-16-7-4-3-5-8-16)20(18)12-10-19(17)22(21)25-2/h3-5,7-8,11,13,18,20H,6,9-10,12,14-15H2,1-2H3/t18?,20-/m1/s1. The van der Waals surface area contributed by atoms with Crippen molar-refractivity contribution in [2.45, 2.75) is 44.2 Å². The highest BCUT2D eigenvalue weighted by Crippen LogP contribution is 2.46. The smallest absolute Gasteiger partial charge is 0.164 e. The largest absolute Gasteiger partial charge is 0.493 e. The predicted molar refractivity (Wildman–Crippen MR) is 100 cm³/mol. The van der Waals surface area contributed by atoms with Crippen LogP contribution in [0.2, 0.25) is 0 Å². The molecule has 0 bridgehead atoms. The highest BCUT2D eigenvalue weighted by atomic mass is 16.5. The van der Waals surface area contributed by atoms with Crippen molar-refractivity contribution < 1.29 is 9.47 Å². The van der Waals surface area contributed by atoms with E-state index in [1.54, 1.807) is 14.2 Å². The van der Waals surface area contributed by atoms with E-state index in [9.17, 15) is 0 Å². The van der Waals surface area contributed by atoms with Gasteiger partial charge in [0.05, 0.1) is 14.2 Å². The van der Waals surface area contributed by atoms with Gasteiger partial charge in [0.15, 0.2) is 11.5 Å². The molecule has 2 atom stereocenters. The first-order valence-electron chi connectivity index (χ1n) is 9.33. The van der Waals surface area contributed by atoms with E-state index in [4.69, 9.17) is 9.47 Å². The molecule has 25 heavy (non-hydrogen) atoms. The Morgan fingerprint density at radius 2 is 1.84 bits per heavy atom. The van der Waals surface area contributed by atoms with Crippen LogP contribution in [0.25, 0.3) is 0 Å². The van der Waals surface area contributed by atoms with Crippen molar-refractivity contribution in [3.8, 4) is 11.5 Å². The molecule has 1 aliphatic carbocycles. The topological polar surface area (TPSA) is 21.7 Å². The highest BCUT2D eigenvalue weighted by molar-refractivity contribution is 5.53. The number of likely N-dealkylation sites (tertiary alicyclic amines) is 1. The van der Waals surface area contributed by atoms with Crippen LogP contribution in [-0.2, 0) is 13.0 Å². The van der Waals surface area contributed by atoms with Crippen molar-refractivity contribution in [2.24, 2.45) is 0 Å². The summed E-state index contributed by atoms with van der Waals surface area (Å²) < 4.78 is 11.2. The van der Waals surface area contributed by atoms with Crippen molar-refractivity contribution in [1.29, 1.82) is 0 Å². The van der Waals surface area contributed by atoms with Crippen molar-refractivity contribution in [3.05, 3.63) is 59.2 Å². The van der Waals surface area contributed by atoms with E-state index in [0.29, 0.717) is 12.0 Å². The van der Waals surface area contributed by atoms with E-state index < -0.39 is 0 Å². The van der Waals surface area contributed by atoms with Gasteiger partial charge in [0.2, 0.25) is 0 Å². The highest BCUT2D eigenvalue weighted by Gasteiger charge is 2.37. The molecule has 2 aromatic carbocycles. The average Bonchev–Trinajstić information content (AvgIpc) is 2.67. The third kappa shape index (κ3) is 3.02. The number of hydrogen-bond acceptors (Lipinski definition) is 3. The molecular weight excluding hydrogens is 310 g/mol. The summed E-state index contributed by atoms with van der Waals surface area (Å²) in [6.45, 7) is 2.27. The quantitative estimate of drug-likeness (QED) is 0.825. The lowest BCUT2D eigenvalue weighted by Gasteiger charge is -2.45. The molecule has 1 saturated heterocycles. The Labute approximate surface area is 150 Å². The van der Waals surface area contributed by atoms with Crippen LogP contribution in [-0.4, -0.2) is 31.7 Å². The Morgan fingerprint density at radius 3 is 2.60 bits per heavy atom. The molecule has 3 heteroatoms. The number of ether oxygens (including phenoxy) is 2. The maximum absolute atomic E-state index is 5.70. The first kappa shape index (κ1) is 16.5. The lowest BCUT2D eigenvalue weighted by Crippen LogP contribution is -2.45. The minimum Gasteiger partial charge on any atom is -0.493 e. The van der Waals surface area contributed by atoms with E-state index in [1.807, 2.05) is 0 Å². The van der Waals surface area contributed by atoms with Crippen LogP contribution in [0, 0.1) is 0 Å². The molecule has 0 saturated carbocycles. The van der Waals surface area contributed by atoms with Gasteiger partial charge < -0.3 is 9.47 Å². The number of methoxy groups -OCH3 is 2. The Hall–Kier alpha value is -2.00. The zero-order valence-corrected chi connectivity index (χ0v) is 15.2. The molecule has 0 spiro atoms. The van der Waals surface area contributed by atoms with E-state index in [0.717, 1.165) is 24.5 Å². The summed E-state index contributed by atoms with van der Waals surface area (Å²) in [5.74, 6) is 2.41. The molecular formula is C22H27NO2. The van der Waals surface area contributed by atoms with E-state index in [1.165, 1.54) is 42.5 Å². The van der Waals surface area contributed by atoms with E-state index in [-0.39, 0.29) is 0 Å². The van der Waals surface area contributed by atoms with Gasteiger partial charge in [-0.25, -0.2) is 0 Å². The molecule has 1 heterocycles. The number of benzene rings is 2. The second kappa shape index (κ2) is 7.09. The van der Waals surface area contributed by atoms with Crippen LogP contribution in [0.15, 0.2) is 42.5 Å². The number of piperidine rings is 1. The summed E-state index contributed by atoms with van der Waals surface area (Å²) in [5, 5.41) is 0. The number of rotatable bonds is 4.